The van der Waals surface area contributed by atoms with Crippen LogP contribution in [0.3, 0.4) is 0 Å². The minimum atomic E-state index is -0.140. The van der Waals surface area contributed by atoms with Gasteiger partial charge in [0.05, 0.1) is 6.42 Å². The standard InChI is InChI=1S/C14H14N4O2/c19-13-8-10-7-9(1-2-11(10)18-13)14(20)17-4-3-12-15-5-6-16-12/h1-2,5-7H,3-4,8H2,(H,15,16)(H,17,20)(H,18,19). The molecule has 1 aliphatic rings. The lowest BCUT2D eigenvalue weighted by Crippen LogP contribution is -2.26. The monoisotopic (exact) mass is 270 g/mol. The third kappa shape index (κ3) is 2.54. The van der Waals surface area contributed by atoms with Gasteiger partial charge in [0.15, 0.2) is 0 Å². The van der Waals surface area contributed by atoms with Gasteiger partial charge in [-0.1, -0.05) is 0 Å². The number of carbonyl (C=O) groups excluding carboxylic acids is 2. The summed E-state index contributed by atoms with van der Waals surface area (Å²) in [6, 6.07) is 5.24. The molecule has 1 aromatic carbocycles. The van der Waals surface area contributed by atoms with Crippen molar-refractivity contribution in [3.05, 3.63) is 47.5 Å². The molecule has 0 atom stereocenters. The Morgan fingerprint density at radius 3 is 3.10 bits per heavy atom. The quantitative estimate of drug-likeness (QED) is 0.770. The predicted molar refractivity (Wildman–Crippen MR) is 73.4 cm³/mol. The molecule has 2 aromatic rings. The van der Waals surface area contributed by atoms with Gasteiger partial charge >= 0.3 is 0 Å². The Hall–Kier alpha value is -2.63. The van der Waals surface area contributed by atoms with Crippen molar-refractivity contribution in [2.75, 3.05) is 11.9 Å². The lowest BCUT2D eigenvalue weighted by Gasteiger charge is -2.06. The predicted octanol–water partition coefficient (Wildman–Crippen LogP) is 0.877. The summed E-state index contributed by atoms with van der Waals surface area (Å²) in [6.07, 6.45) is 4.43. The number of nitrogens with zero attached hydrogens (tertiary/aromatic N) is 1. The van der Waals surface area contributed by atoms with Gasteiger partial charge in [-0.3, -0.25) is 9.59 Å². The SMILES string of the molecule is O=C1Cc2cc(C(=O)NCCc3ncc[nH]3)ccc2N1. The van der Waals surface area contributed by atoms with Gasteiger partial charge < -0.3 is 15.6 Å². The largest absolute Gasteiger partial charge is 0.352 e. The van der Waals surface area contributed by atoms with Crippen LogP contribution in [0.2, 0.25) is 0 Å². The zero-order chi connectivity index (χ0) is 13.9. The lowest BCUT2D eigenvalue weighted by atomic mass is 10.1. The van der Waals surface area contributed by atoms with Gasteiger partial charge in [-0.25, -0.2) is 4.98 Å². The second kappa shape index (κ2) is 5.16. The number of hydrogen-bond acceptors (Lipinski definition) is 3. The third-order valence-corrected chi connectivity index (χ3v) is 3.19. The summed E-state index contributed by atoms with van der Waals surface area (Å²) < 4.78 is 0. The summed E-state index contributed by atoms with van der Waals surface area (Å²) in [5.74, 6) is 0.670. The van der Waals surface area contributed by atoms with Crippen LogP contribution in [-0.2, 0) is 17.6 Å². The molecule has 0 aliphatic carbocycles. The van der Waals surface area contributed by atoms with E-state index >= 15 is 0 Å². The lowest BCUT2D eigenvalue weighted by molar-refractivity contribution is -0.115. The second-order valence-corrected chi connectivity index (χ2v) is 4.64. The maximum atomic E-state index is 12.0. The van der Waals surface area contributed by atoms with E-state index < -0.39 is 0 Å². The van der Waals surface area contributed by atoms with Crippen LogP contribution in [0.4, 0.5) is 5.69 Å². The summed E-state index contributed by atoms with van der Waals surface area (Å²) in [5, 5.41) is 5.58. The number of rotatable bonds is 4. The fourth-order valence-electron chi connectivity index (χ4n) is 2.20. The van der Waals surface area contributed by atoms with Crippen molar-refractivity contribution in [2.24, 2.45) is 0 Å². The van der Waals surface area contributed by atoms with Gasteiger partial charge in [-0.2, -0.15) is 0 Å². The summed E-state index contributed by atoms with van der Waals surface area (Å²) >= 11 is 0. The molecule has 2 heterocycles. The summed E-state index contributed by atoms with van der Waals surface area (Å²) in [4.78, 5) is 30.3. The van der Waals surface area contributed by atoms with E-state index in [4.69, 9.17) is 0 Å². The van der Waals surface area contributed by atoms with E-state index in [-0.39, 0.29) is 11.8 Å². The van der Waals surface area contributed by atoms with Crippen molar-refractivity contribution in [3.63, 3.8) is 0 Å². The van der Waals surface area contributed by atoms with E-state index in [9.17, 15) is 9.59 Å². The minimum absolute atomic E-state index is 0.0321. The Labute approximate surface area is 115 Å². The Kier molecular flexibility index (Phi) is 3.20. The molecule has 3 rings (SSSR count). The molecule has 0 saturated heterocycles. The molecule has 0 unspecified atom stereocenters. The van der Waals surface area contributed by atoms with Crippen LogP contribution in [0, 0.1) is 0 Å². The van der Waals surface area contributed by atoms with E-state index in [0.29, 0.717) is 24.9 Å². The van der Waals surface area contributed by atoms with Crippen molar-refractivity contribution in [2.45, 2.75) is 12.8 Å². The zero-order valence-corrected chi connectivity index (χ0v) is 10.8. The molecular weight excluding hydrogens is 256 g/mol. The maximum Gasteiger partial charge on any atom is 0.251 e. The molecule has 1 aliphatic heterocycles. The highest BCUT2D eigenvalue weighted by atomic mass is 16.2. The van der Waals surface area contributed by atoms with Gasteiger partial charge in [0.1, 0.15) is 5.82 Å². The van der Waals surface area contributed by atoms with Gasteiger partial charge in [0.2, 0.25) is 5.91 Å². The molecule has 0 radical (unpaired) electrons. The molecule has 3 N–H and O–H groups in total. The number of amides is 2. The molecule has 0 fully saturated rings. The van der Waals surface area contributed by atoms with Crippen LogP contribution in [0.5, 0.6) is 0 Å². The number of anilines is 1. The number of hydrogen-bond donors (Lipinski definition) is 3. The smallest absolute Gasteiger partial charge is 0.251 e. The van der Waals surface area contributed by atoms with Crippen LogP contribution in [0.25, 0.3) is 0 Å². The Morgan fingerprint density at radius 1 is 1.40 bits per heavy atom. The molecule has 0 bridgehead atoms. The van der Waals surface area contributed by atoms with Crippen LogP contribution in [0.1, 0.15) is 21.7 Å². The molecule has 2 amide bonds. The fourth-order valence-corrected chi connectivity index (χ4v) is 2.20. The van der Waals surface area contributed by atoms with Crippen LogP contribution in [-0.4, -0.2) is 28.3 Å². The molecule has 1 aromatic heterocycles. The summed E-state index contributed by atoms with van der Waals surface area (Å²) in [5.41, 5.74) is 2.23. The van der Waals surface area contributed by atoms with Gasteiger partial charge in [0.25, 0.3) is 5.91 Å². The molecule has 6 heteroatoms. The Morgan fingerprint density at radius 2 is 2.30 bits per heavy atom. The number of aromatic amines is 1. The van der Waals surface area contributed by atoms with Crippen molar-refractivity contribution in [1.29, 1.82) is 0 Å². The van der Waals surface area contributed by atoms with Crippen LogP contribution < -0.4 is 10.6 Å². The average molecular weight is 270 g/mol. The van der Waals surface area contributed by atoms with Crippen LogP contribution in [0.15, 0.2) is 30.6 Å². The van der Waals surface area contributed by atoms with Crippen molar-refractivity contribution in [3.8, 4) is 0 Å². The molecular formula is C14H14N4O2. The average Bonchev–Trinajstić information content (AvgIpc) is 3.05. The summed E-state index contributed by atoms with van der Waals surface area (Å²) in [6.45, 7) is 0.514. The highest BCUT2D eigenvalue weighted by Crippen LogP contribution is 2.23. The first-order valence-corrected chi connectivity index (χ1v) is 6.41. The maximum absolute atomic E-state index is 12.0. The van der Waals surface area contributed by atoms with E-state index in [1.54, 1.807) is 30.6 Å². The van der Waals surface area contributed by atoms with E-state index in [1.807, 2.05) is 0 Å². The third-order valence-electron chi connectivity index (χ3n) is 3.19. The Bertz CT molecular complexity index is 649. The molecule has 20 heavy (non-hydrogen) atoms. The number of H-pyrrole nitrogens is 1. The zero-order valence-electron chi connectivity index (χ0n) is 10.8. The number of benzene rings is 1. The normalized spacial score (nSPS) is 12.9. The van der Waals surface area contributed by atoms with E-state index in [1.165, 1.54) is 0 Å². The first-order chi connectivity index (χ1) is 9.72. The fraction of sp³-hybridized carbons (Fsp3) is 0.214. The second-order valence-electron chi connectivity index (χ2n) is 4.64. The number of aromatic nitrogens is 2. The van der Waals surface area contributed by atoms with Crippen molar-refractivity contribution >= 4 is 17.5 Å². The molecule has 0 spiro atoms. The highest BCUT2D eigenvalue weighted by Gasteiger charge is 2.18. The van der Waals surface area contributed by atoms with Gasteiger partial charge in [-0.05, 0) is 23.8 Å². The number of nitrogens with one attached hydrogen (secondary N) is 3. The molecule has 0 saturated carbocycles. The van der Waals surface area contributed by atoms with Crippen molar-refractivity contribution < 1.29 is 9.59 Å². The highest BCUT2D eigenvalue weighted by molar-refractivity contribution is 6.01. The Balaban J connectivity index is 1.60. The van der Waals surface area contributed by atoms with Crippen LogP contribution >= 0.6 is 0 Å². The topological polar surface area (TPSA) is 86.9 Å². The van der Waals surface area contributed by atoms with E-state index in [0.717, 1.165) is 17.1 Å². The number of imidazole rings is 1. The van der Waals surface area contributed by atoms with E-state index in [2.05, 4.69) is 20.6 Å². The van der Waals surface area contributed by atoms with Gasteiger partial charge in [-0.15, -0.1) is 0 Å². The minimum Gasteiger partial charge on any atom is -0.352 e. The molecule has 6 nitrogen and oxygen atoms in total. The molecule has 102 valence electrons. The first kappa shape index (κ1) is 12.4. The number of carbonyl (C=O) groups is 2. The van der Waals surface area contributed by atoms with Crippen molar-refractivity contribution in [1.82, 2.24) is 15.3 Å². The number of fused-ring (bicyclic) bond motifs is 1. The van der Waals surface area contributed by atoms with Gasteiger partial charge in [0, 0.05) is 36.6 Å². The first-order valence-electron chi connectivity index (χ1n) is 6.41. The summed E-state index contributed by atoms with van der Waals surface area (Å²) in [7, 11) is 0.